The monoisotopic (exact) mass is 310 g/mol. The molecule has 112 valence electrons. The average molecular weight is 310 g/mol. The molecule has 3 heterocycles. The minimum Gasteiger partial charge on any atom is -0.358 e. The van der Waals surface area contributed by atoms with E-state index >= 15 is 0 Å². The van der Waals surface area contributed by atoms with Crippen LogP contribution in [0.3, 0.4) is 0 Å². The number of aromatic amines is 2. The molecule has 0 amide bonds. The Bertz CT molecular complexity index is 893. The first-order valence-electron chi connectivity index (χ1n) is 7.56. The lowest BCUT2D eigenvalue weighted by Gasteiger charge is -2.28. The zero-order valence-electron chi connectivity index (χ0n) is 12.5. The molecular weight excluding hydrogens is 292 g/mol. The van der Waals surface area contributed by atoms with E-state index in [-0.39, 0.29) is 0 Å². The number of H-pyrrole nitrogens is 2. The van der Waals surface area contributed by atoms with Crippen molar-refractivity contribution < 1.29 is 0 Å². The smallest absolute Gasteiger partial charge is 0.196 e. The lowest BCUT2D eigenvalue weighted by molar-refractivity contribution is 0.241. The zero-order valence-corrected chi connectivity index (χ0v) is 13.3. The number of para-hydroxylation sites is 1. The third-order valence-corrected chi connectivity index (χ3v) is 4.68. The molecule has 1 aliphatic rings. The van der Waals surface area contributed by atoms with Crippen LogP contribution in [0.1, 0.15) is 22.5 Å². The number of aromatic nitrogens is 3. The van der Waals surface area contributed by atoms with Gasteiger partial charge >= 0.3 is 0 Å². The first-order chi connectivity index (χ1) is 10.7. The molecular formula is C17H18N4S. The van der Waals surface area contributed by atoms with E-state index in [9.17, 15) is 0 Å². The van der Waals surface area contributed by atoms with E-state index in [0.29, 0.717) is 4.77 Å². The Balaban J connectivity index is 1.64. The Hall–Kier alpha value is -1.98. The third-order valence-electron chi connectivity index (χ3n) is 4.47. The van der Waals surface area contributed by atoms with Gasteiger partial charge in [-0.1, -0.05) is 18.2 Å². The van der Waals surface area contributed by atoms with E-state index < -0.39 is 0 Å². The Labute approximate surface area is 134 Å². The van der Waals surface area contributed by atoms with Crippen molar-refractivity contribution in [1.82, 2.24) is 19.9 Å². The number of nitrogens with zero attached hydrogens (tertiary/aromatic N) is 2. The Morgan fingerprint density at radius 1 is 1.27 bits per heavy atom. The largest absolute Gasteiger partial charge is 0.358 e. The Morgan fingerprint density at radius 3 is 3.05 bits per heavy atom. The van der Waals surface area contributed by atoms with Crippen molar-refractivity contribution in [3.63, 3.8) is 0 Å². The quantitative estimate of drug-likeness (QED) is 0.712. The molecule has 22 heavy (non-hydrogen) atoms. The molecule has 0 aliphatic carbocycles. The fraction of sp³-hybridized carbons (Fsp3) is 0.294. The van der Waals surface area contributed by atoms with Crippen LogP contribution in [-0.2, 0) is 19.5 Å². The van der Waals surface area contributed by atoms with Crippen LogP contribution in [0.15, 0.2) is 30.5 Å². The van der Waals surface area contributed by atoms with E-state index in [0.717, 1.165) is 26.1 Å². The summed E-state index contributed by atoms with van der Waals surface area (Å²) in [7, 11) is 0. The molecule has 2 N–H and O–H groups in total. The van der Waals surface area contributed by atoms with Crippen molar-refractivity contribution >= 4 is 23.1 Å². The summed E-state index contributed by atoms with van der Waals surface area (Å²) in [5.74, 6) is 0. The van der Waals surface area contributed by atoms with E-state index in [2.05, 4.69) is 51.0 Å². The summed E-state index contributed by atoms with van der Waals surface area (Å²) in [5.41, 5.74) is 6.38. The van der Waals surface area contributed by atoms with Crippen molar-refractivity contribution in [2.75, 3.05) is 6.54 Å². The van der Waals surface area contributed by atoms with Gasteiger partial charge < -0.3 is 9.97 Å². The molecule has 0 spiro atoms. The van der Waals surface area contributed by atoms with Gasteiger partial charge in [0.15, 0.2) is 4.77 Å². The van der Waals surface area contributed by atoms with Gasteiger partial charge in [-0.3, -0.25) is 4.90 Å². The van der Waals surface area contributed by atoms with E-state index in [4.69, 9.17) is 12.2 Å². The van der Waals surface area contributed by atoms with Crippen LogP contribution in [0.2, 0.25) is 0 Å². The molecule has 3 aromatic rings. The minimum atomic E-state index is 0.573. The lowest BCUT2D eigenvalue weighted by Crippen LogP contribution is -2.31. The summed E-state index contributed by atoms with van der Waals surface area (Å²) < 4.78 is 0.573. The summed E-state index contributed by atoms with van der Waals surface area (Å²) in [6, 6.07) is 8.52. The van der Waals surface area contributed by atoms with Gasteiger partial charge in [0.25, 0.3) is 0 Å². The van der Waals surface area contributed by atoms with Gasteiger partial charge in [-0.2, -0.15) is 0 Å². The number of aryl methyl sites for hydroxylation is 1. The minimum absolute atomic E-state index is 0.573. The molecule has 1 aliphatic heterocycles. The molecule has 0 unspecified atom stereocenters. The van der Waals surface area contributed by atoms with E-state index in [1.165, 1.54) is 33.4 Å². The highest BCUT2D eigenvalue weighted by Crippen LogP contribution is 2.25. The number of rotatable bonds is 2. The molecule has 2 aromatic heterocycles. The molecule has 0 fully saturated rings. The molecule has 4 nitrogen and oxygen atoms in total. The summed E-state index contributed by atoms with van der Waals surface area (Å²) in [4.78, 5) is 13.4. The Kier molecular flexibility index (Phi) is 3.32. The van der Waals surface area contributed by atoms with Crippen molar-refractivity contribution in [1.29, 1.82) is 0 Å². The highest BCUT2D eigenvalue weighted by molar-refractivity contribution is 7.71. The molecule has 0 saturated heterocycles. The van der Waals surface area contributed by atoms with Crippen LogP contribution < -0.4 is 0 Å². The molecule has 0 atom stereocenters. The van der Waals surface area contributed by atoms with E-state index in [1.54, 1.807) is 0 Å². The maximum absolute atomic E-state index is 5.15. The lowest BCUT2D eigenvalue weighted by atomic mass is 10.1. The van der Waals surface area contributed by atoms with E-state index in [1.807, 2.05) is 6.20 Å². The van der Waals surface area contributed by atoms with Crippen LogP contribution in [0.4, 0.5) is 0 Å². The molecule has 0 radical (unpaired) electrons. The van der Waals surface area contributed by atoms with Crippen molar-refractivity contribution in [2.24, 2.45) is 0 Å². The van der Waals surface area contributed by atoms with Crippen molar-refractivity contribution in [3.05, 3.63) is 57.7 Å². The number of benzene rings is 1. The molecule has 0 saturated carbocycles. The second-order valence-corrected chi connectivity index (χ2v) is 6.31. The average Bonchev–Trinajstić information content (AvgIpc) is 2.83. The maximum atomic E-state index is 5.15. The fourth-order valence-corrected chi connectivity index (χ4v) is 3.47. The molecule has 1 aromatic carbocycles. The molecule has 5 heteroatoms. The highest BCUT2D eigenvalue weighted by Gasteiger charge is 2.19. The Morgan fingerprint density at radius 2 is 2.14 bits per heavy atom. The standard InChI is InChI=1S/C17H18N4S/c1-11-14(13-4-2-3-5-15(13)19-11)9-21-7-6-12-8-18-17(22)20-16(12)10-21/h2-5,8,19H,6-7,9-10H2,1H3,(H,18,20,22). The van der Waals surface area contributed by atoms with Crippen LogP contribution >= 0.6 is 12.2 Å². The second kappa shape index (κ2) is 5.34. The van der Waals surface area contributed by atoms with Crippen LogP contribution in [0.5, 0.6) is 0 Å². The number of fused-ring (bicyclic) bond motifs is 2. The summed E-state index contributed by atoms with van der Waals surface area (Å²) >= 11 is 5.15. The first kappa shape index (κ1) is 13.7. The van der Waals surface area contributed by atoms with Gasteiger partial charge in [-0.15, -0.1) is 0 Å². The van der Waals surface area contributed by atoms with Crippen molar-refractivity contribution in [3.8, 4) is 0 Å². The van der Waals surface area contributed by atoms with Gasteiger partial charge in [0.1, 0.15) is 0 Å². The van der Waals surface area contributed by atoms with Gasteiger partial charge in [-0.25, -0.2) is 4.98 Å². The maximum Gasteiger partial charge on any atom is 0.196 e. The summed E-state index contributed by atoms with van der Waals surface area (Å²) in [6.45, 7) is 5.07. The van der Waals surface area contributed by atoms with Crippen LogP contribution in [0.25, 0.3) is 10.9 Å². The van der Waals surface area contributed by atoms with Crippen LogP contribution in [0, 0.1) is 11.7 Å². The highest BCUT2D eigenvalue weighted by atomic mass is 32.1. The summed E-state index contributed by atoms with van der Waals surface area (Å²) in [5, 5.41) is 1.33. The fourth-order valence-electron chi connectivity index (χ4n) is 3.29. The number of hydrogen-bond donors (Lipinski definition) is 2. The number of hydrogen-bond acceptors (Lipinski definition) is 3. The zero-order chi connectivity index (χ0) is 15.1. The van der Waals surface area contributed by atoms with Gasteiger partial charge in [0, 0.05) is 48.1 Å². The summed E-state index contributed by atoms with van der Waals surface area (Å²) in [6.07, 6.45) is 2.94. The van der Waals surface area contributed by atoms with Gasteiger partial charge in [0.05, 0.1) is 0 Å². The topological polar surface area (TPSA) is 47.7 Å². The normalized spacial score (nSPS) is 15.1. The van der Waals surface area contributed by atoms with Crippen molar-refractivity contribution in [2.45, 2.75) is 26.4 Å². The van der Waals surface area contributed by atoms with Gasteiger partial charge in [-0.05, 0) is 42.8 Å². The van der Waals surface area contributed by atoms with Gasteiger partial charge in [0.2, 0.25) is 0 Å². The predicted octanol–water partition coefficient (Wildman–Crippen LogP) is 3.49. The molecule has 4 rings (SSSR count). The SMILES string of the molecule is Cc1[nH]c2ccccc2c1CN1CCc2cnc(=S)[nH]c2C1. The molecule has 0 bridgehead atoms. The predicted molar refractivity (Wildman–Crippen MR) is 90.3 cm³/mol. The first-order valence-corrected chi connectivity index (χ1v) is 7.97. The second-order valence-electron chi connectivity index (χ2n) is 5.93. The third kappa shape index (κ3) is 2.36. The van der Waals surface area contributed by atoms with Crippen LogP contribution in [-0.4, -0.2) is 26.4 Å². The number of nitrogens with one attached hydrogen (secondary N) is 2.